The second-order valence-corrected chi connectivity index (χ2v) is 18.0. The van der Waals surface area contributed by atoms with Crippen LogP contribution in [0.5, 0.6) is 0 Å². The molecule has 3 heteroatoms. The predicted octanol–water partition coefficient (Wildman–Crippen LogP) is 17.3. The number of fused-ring (bicyclic) bond motifs is 19. The molecule has 2 aromatic heterocycles. The van der Waals surface area contributed by atoms with Gasteiger partial charge < -0.3 is 4.57 Å². The molecule has 0 radical (unpaired) electrons. The molecule has 0 saturated heterocycles. The van der Waals surface area contributed by atoms with E-state index in [0.717, 1.165) is 94.8 Å². The summed E-state index contributed by atoms with van der Waals surface area (Å²) >= 11 is 0. The molecule has 0 unspecified atom stereocenters. The van der Waals surface area contributed by atoms with E-state index >= 15 is 0 Å². The molecule has 0 fully saturated rings. The summed E-state index contributed by atoms with van der Waals surface area (Å²) in [5, 5.41) is 13.7. The van der Waals surface area contributed by atoms with Crippen molar-refractivity contribution in [3.63, 3.8) is 0 Å². The topological polar surface area (TPSA) is 41.6 Å². The fourth-order valence-electron chi connectivity index (χ4n) is 11.4. The Balaban J connectivity index is 0.951. The zero-order valence-corrected chi connectivity index (χ0v) is 37.4. The van der Waals surface area contributed by atoms with Crippen molar-refractivity contribution in [1.29, 1.82) is 5.26 Å². The lowest BCUT2D eigenvalue weighted by Gasteiger charge is -2.25. The molecule has 0 saturated carbocycles. The summed E-state index contributed by atoms with van der Waals surface area (Å²) < 4.78 is 2.40. The van der Waals surface area contributed by atoms with Crippen molar-refractivity contribution in [2.24, 2.45) is 0 Å². The first-order chi connectivity index (χ1) is 34.2. The molecule has 69 heavy (non-hydrogen) atoms. The molecule has 2 heterocycles. The van der Waals surface area contributed by atoms with Crippen molar-refractivity contribution in [2.45, 2.75) is 0 Å². The average Bonchev–Trinajstić information content (AvgIpc) is 3.76. The van der Waals surface area contributed by atoms with Gasteiger partial charge in [-0.15, -0.1) is 0 Å². The summed E-state index contributed by atoms with van der Waals surface area (Å²) in [6.45, 7) is 0. The largest absolute Gasteiger partial charge is 0.309 e. The van der Waals surface area contributed by atoms with Crippen LogP contribution in [-0.2, 0) is 0 Å². The van der Waals surface area contributed by atoms with Crippen molar-refractivity contribution in [3.8, 4) is 123 Å². The van der Waals surface area contributed by atoms with Crippen molar-refractivity contribution >= 4 is 21.8 Å². The summed E-state index contributed by atoms with van der Waals surface area (Å²) in [7, 11) is 0. The fourth-order valence-corrected chi connectivity index (χ4v) is 11.4. The van der Waals surface area contributed by atoms with Crippen LogP contribution in [0.1, 0.15) is 5.56 Å². The first-order valence-electron chi connectivity index (χ1n) is 23.5. The maximum atomic E-state index is 11.2. The summed E-state index contributed by atoms with van der Waals surface area (Å²) in [5.74, 6) is 0. The monoisotopic (exact) mass is 873 g/mol. The third kappa shape index (κ3) is 5.89. The molecule has 0 N–H and O–H groups in total. The molecular weight excluding hydrogens is 835 g/mol. The van der Waals surface area contributed by atoms with Crippen LogP contribution in [0, 0.1) is 11.3 Å². The third-order valence-corrected chi connectivity index (χ3v) is 14.5. The minimum absolute atomic E-state index is 0.643. The first kappa shape index (κ1) is 38.9. The summed E-state index contributed by atoms with van der Waals surface area (Å²) in [4.78, 5) is 4.96. The summed E-state index contributed by atoms with van der Waals surface area (Å²) in [6, 6.07) is 85.8. The molecule has 0 aliphatic heterocycles. The lowest BCUT2D eigenvalue weighted by atomic mass is 9.79. The minimum atomic E-state index is 0.643. The fraction of sp³-hybridized carbons (Fsp3) is 0. The van der Waals surface area contributed by atoms with Gasteiger partial charge in [0, 0.05) is 44.9 Å². The lowest BCUT2D eigenvalue weighted by Crippen LogP contribution is -2.00. The molecule has 10 aromatic carbocycles. The highest BCUT2D eigenvalue weighted by atomic mass is 15.0. The molecule has 0 spiro atoms. The van der Waals surface area contributed by atoms with Gasteiger partial charge in [0.2, 0.25) is 0 Å². The number of hydrogen-bond acceptors (Lipinski definition) is 2. The van der Waals surface area contributed by atoms with Gasteiger partial charge in [-0.05, 0) is 126 Å². The Kier molecular flexibility index (Phi) is 8.65. The molecule has 12 aromatic rings. The van der Waals surface area contributed by atoms with Crippen LogP contribution in [0.4, 0.5) is 0 Å². The molecule has 318 valence electrons. The zero-order valence-electron chi connectivity index (χ0n) is 37.4. The number of benzene rings is 10. The smallest absolute Gasteiger partial charge is 0.100 e. The molecule has 0 atom stereocenters. The van der Waals surface area contributed by atoms with Crippen LogP contribution in [0.25, 0.3) is 139 Å². The van der Waals surface area contributed by atoms with E-state index in [2.05, 4.69) is 235 Å². The molecule has 3 nitrogen and oxygen atoms in total. The summed E-state index contributed by atoms with van der Waals surface area (Å²) in [5.41, 5.74) is 26.1. The van der Waals surface area contributed by atoms with Crippen molar-refractivity contribution < 1.29 is 0 Å². The maximum absolute atomic E-state index is 11.2. The van der Waals surface area contributed by atoms with E-state index in [1.807, 2.05) is 12.3 Å². The van der Waals surface area contributed by atoms with Crippen LogP contribution in [-0.4, -0.2) is 9.55 Å². The lowest BCUT2D eigenvalue weighted by molar-refractivity contribution is 1.18. The van der Waals surface area contributed by atoms with Gasteiger partial charge in [-0.25, -0.2) is 0 Å². The van der Waals surface area contributed by atoms with E-state index in [9.17, 15) is 5.26 Å². The minimum Gasteiger partial charge on any atom is -0.309 e. The van der Waals surface area contributed by atoms with E-state index in [0.29, 0.717) is 5.56 Å². The van der Waals surface area contributed by atoms with Crippen molar-refractivity contribution in [3.05, 3.63) is 242 Å². The second kappa shape index (κ2) is 15.4. The van der Waals surface area contributed by atoms with Gasteiger partial charge in [0.05, 0.1) is 22.3 Å². The van der Waals surface area contributed by atoms with E-state index in [-0.39, 0.29) is 0 Å². The first-order valence-corrected chi connectivity index (χ1v) is 23.5. The van der Waals surface area contributed by atoms with Crippen LogP contribution in [0.3, 0.4) is 0 Å². The second-order valence-electron chi connectivity index (χ2n) is 18.0. The molecule has 14 rings (SSSR count). The number of nitriles is 1. The Morgan fingerprint density at radius 1 is 0.304 bits per heavy atom. The molecule has 0 bridgehead atoms. The van der Waals surface area contributed by atoms with Gasteiger partial charge in [0.1, 0.15) is 6.07 Å². The molecular formula is C66H39N3. The van der Waals surface area contributed by atoms with E-state index in [1.165, 1.54) is 44.1 Å². The zero-order chi connectivity index (χ0) is 45.6. The number of nitrogens with zero attached hydrogens (tertiary/aromatic N) is 3. The van der Waals surface area contributed by atoms with Crippen molar-refractivity contribution in [2.75, 3.05) is 0 Å². The Hall–Kier alpha value is -9.36. The van der Waals surface area contributed by atoms with Gasteiger partial charge in [0.25, 0.3) is 0 Å². The molecule has 2 aliphatic rings. The molecule has 0 amide bonds. The molecule has 2 aliphatic carbocycles. The quantitative estimate of drug-likeness (QED) is 0.177. The Bertz CT molecular complexity index is 4100. The summed E-state index contributed by atoms with van der Waals surface area (Å²) in [6.07, 6.45) is 1.88. The Labute approximate surface area is 400 Å². The van der Waals surface area contributed by atoms with Crippen molar-refractivity contribution in [1.82, 2.24) is 9.55 Å². The number of pyridine rings is 1. The number of para-hydroxylation sites is 2. The number of rotatable bonds is 3. The van der Waals surface area contributed by atoms with E-state index in [1.54, 1.807) is 0 Å². The standard InChI is InChI=1S/C66H39N3/c67-40-63-44(25-13-26-45(63)42-31-34-55-59-27-14-36-68-66(59)58-24-8-7-18-49(58)48-17-3-5-20-51(48)61(55)38-42)41-30-33-53-54-35-32-43(69-64-28-11-9-22-56(64)57-23-10-12-29-65(57)69)39-62(54)52-21-6-2-16-47(52)46-15-1-4-19-50(46)60(53)37-41/h1-39H. The maximum Gasteiger partial charge on any atom is 0.100 e. The van der Waals surface area contributed by atoms with Crippen LogP contribution >= 0.6 is 0 Å². The third-order valence-electron chi connectivity index (χ3n) is 14.5. The Morgan fingerprint density at radius 3 is 1.20 bits per heavy atom. The number of aromatic nitrogens is 2. The highest BCUT2D eigenvalue weighted by molar-refractivity contribution is 6.10. The Morgan fingerprint density at radius 2 is 0.681 bits per heavy atom. The predicted molar refractivity (Wildman–Crippen MR) is 285 cm³/mol. The normalized spacial score (nSPS) is 11.8. The van der Waals surface area contributed by atoms with Gasteiger partial charge in [-0.3, -0.25) is 4.98 Å². The van der Waals surface area contributed by atoms with Gasteiger partial charge in [0.15, 0.2) is 0 Å². The SMILES string of the molecule is N#Cc1c(-c2ccc3c(c2)-c2ccccc2-c2ccccc2-c2cc(-n4c5ccccc5c5ccccc54)ccc2-3)cccc1-c1ccc2c(c1)-c1ccccc1-c1ccccc1-c1ncccc1-2. The van der Waals surface area contributed by atoms with Crippen LogP contribution in [0.2, 0.25) is 0 Å². The van der Waals surface area contributed by atoms with Gasteiger partial charge in [-0.1, -0.05) is 188 Å². The van der Waals surface area contributed by atoms with Crippen LogP contribution < -0.4 is 0 Å². The van der Waals surface area contributed by atoms with Gasteiger partial charge in [-0.2, -0.15) is 5.26 Å². The van der Waals surface area contributed by atoms with Crippen LogP contribution in [0.15, 0.2) is 237 Å². The van der Waals surface area contributed by atoms with E-state index < -0.39 is 0 Å². The van der Waals surface area contributed by atoms with E-state index in [4.69, 9.17) is 4.98 Å². The highest BCUT2D eigenvalue weighted by Gasteiger charge is 2.26. The highest BCUT2D eigenvalue weighted by Crippen LogP contribution is 2.51. The number of hydrogen-bond donors (Lipinski definition) is 0. The average molecular weight is 874 g/mol. The van der Waals surface area contributed by atoms with Gasteiger partial charge >= 0.3 is 0 Å².